The first-order valence-corrected chi connectivity index (χ1v) is 11.7. The Hall–Kier alpha value is -0.350. The van der Waals surface area contributed by atoms with Crippen LogP contribution in [0.5, 0.6) is 0 Å². The maximum Gasteiger partial charge on any atom is 0.264 e. The largest absolute Gasteiger partial charge is 0.389 e. The topological polar surface area (TPSA) is 162 Å². The lowest BCUT2D eigenvalue weighted by molar-refractivity contribution is -0.0514. The number of hydrogen-bond acceptors (Lipinski definition) is 11. The molecule has 4 atom stereocenters. The van der Waals surface area contributed by atoms with Crippen LogP contribution in [0.1, 0.15) is 0 Å². The van der Waals surface area contributed by atoms with Gasteiger partial charge in [-0.2, -0.15) is 25.3 Å². The van der Waals surface area contributed by atoms with Gasteiger partial charge in [0.15, 0.2) is 0 Å². The van der Waals surface area contributed by atoms with Gasteiger partial charge in [-0.3, -0.25) is 12.5 Å². The van der Waals surface area contributed by atoms with Crippen molar-refractivity contribution in [2.24, 2.45) is 0 Å². The maximum absolute atomic E-state index is 11.4. The van der Waals surface area contributed by atoms with Crippen LogP contribution in [0.15, 0.2) is 0 Å². The molecule has 0 unspecified atom stereocenters. The Kier molecular flexibility index (Phi) is 6.54. The summed E-state index contributed by atoms with van der Waals surface area (Å²) in [5.74, 6) is 0. The van der Waals surface area contributed by atoms with Crippen LogP contribution in [0, 0.1) is 0 Å². The minimum absolute atomic E-state index is 0.187. The molecule has 1 fully saturated rings. The second-order valence-electron chi connectivity index (χ2n) is 5.09. The molecule has 138 valence electrons. The van der Waals surface area contributed by atoms with E-state index in [1.54, 1.807) is 0 Å². The van der Waals surface area contributed by atoms with E-state index in [1.165, 1.54) is 0 Å². The molecule has 0 aliphatic carbocycles. The predicted molar refractivity (Wildman–Crippen MR) is 78.0 cm³/mol. The first kappa shape index (κ1) is 20.7. The van der Waals surface area contributed by atoms with Crippen LogP contribution < -0.4 is 5.32 Å². The van der Waals surface area contributed by atoms with E-state index in [0.29, 0.717) is 12.5 Å². The Labute approximate surface area is 135 Å². The molecule has 11 nitrogen and oxygen atoms in total. The Morgan fingerprint density at radius 1 is 0.783 bits per heavy atom. The lowest BCUT2D eigenvalue weighted by atomic mass is 10.1. The summed E-state index contributed by atoms with van der Waals surface area (Å²) in [4.78, 5) is 0. The van der Waals surface area contributed by atoms with Gasteiger partial charge in [0.25, 0.3) is 30.4 Å². The van der Waals surface area contributed by atoms with E-state index in [2.05, 4.69) is 5.32 Å². The van der Waals surface area contributed by atoms with Crippen molar-refractivity contribution in [3.8, 4) is 0 Å². The molecule has 1 aliphatic heterocycles. The first-order valence-electron chi connectivity index (χ1n) is 6.21. The second-order valence-corrected chi connectivity index (χ2v) is 9.90. The molecule has 0 bridgehead atoms. The van der Waals surface area contributed by atoms with Crippen molar-refractivity contribution in [2.45, 2.75) is 24.4 Å². The van der Waals surface area contributed by atoms with Gasteiger partial charge in [-0.25, -0.2) is 0 Å². The predicted octanol–water partition coefficient (Wildman–Crippen LogP) is -3.02. The SMILES string of the molecule is CS(=O)(=O)O[C@@H]1[C@H](OS(C)(=O)=O)[C@@H](OS(C)(=O)=O)CNC[C@H]1O. The van der Waals surface area contributed by atoms with Gasteiger partial charge in [0, 0.05) is 13.1 Å². The van der Waals surface area contributed by atoms with Gasteiger partial charge < -0.3 is 10.4 Å². The zero-order valence-corrected chi connectivity index (χ0v) is 15.0. The molecule has 0 saturated carbocycles. The molecule has 2 N–H and O–H groups in total. The number of rotatable bonds is 6. The van der Waals surface area contributed by atoms with Crippen LogP contribution in [0.2, 0.25) is 0 Å². The summed E-state index contributed by atoms with van der Waals surface area (Å²) < 4.78 is 82.3. The van der Waals surface area contributed by atoms with Crippen LogP contribution in [-0.2, 0) is 42.9 Å². The molecule has 0 aromatic rings. The quantitative estimate of drug-likeness (QED) is 0.439. The van der Waals surface area contributed by atoms with Gasteiger partial charge in [0.05, 0.1) is 24.9 Å². The number of aliphatic hydroxyl groups excluding tert-OH is 1. The molecule has 1 saturated heterocycles. The molecular formula is C9H19NO10S3. The van der Waals surface area contributed by atoms with Gasteiger partial charge >= 0.3 is 0 Å². The van der Waals surface area contributed by atoms with E-state index in [4.69, 9.17) is 12.5 Å². The summed E-state index contributed by atoms with van der Waals surface area (Å²) in [6, 6.07) is 0. The number of hydrogen-bond donors (Lipinski definition) is 2. The van der Waals surface area contributed by atoms with Crippen LogP contribution in [0.25, 0.3) is 0 Å². The molecule has 0 radical (unpaired) electrons. The lowest BCUT2D eigenvalue weighted by Gasteiger charge is -2.30. The standard InChI is InChI=1S/C9H19NO10S3/c1-21(12,13)18-7-5-10-4-6(11)8(19-22(2,14)15)9(7)20-23(3,16)17/h6-11H,4-5H2,1-3H3/t6-,7+,8+,9-/m1/s1. The summed E-state index contributed by atoms with van der Waals surface area (Å²) in [6.07, 6.45) is -4.17. The monoisotopic (exact) mass is 397 g/mol. The van der Waals surface area contributed by atoms with Crippen molar-refractivity contribution >= 4 is 30.4 Å². The third-order valence-corrected chi connectivity index (χ3v) is 4.38. The highest BCUT2D eigenvalue weighted by atomic mass is 32.2. The van der Waals surface area contributed by atoms with Crippen molar-refractivity contribution in [1.29, 1.82) is 0 Å². The molecule has 1 heterocycles. The van der Waals surface area contributed by atoms with E-state index in [0.717, 1.165) is 6.26 Å². The van der Waals surface area contributed by atoms with Crippen molar-refractivity contribution in [1.82, 2.24) is 5.32 Å². The fourth-order valence-electron chi connectivity index (χ4n) is 1.99. The average Bonchev–Trinajstić information content (AvgIpc) is 2.38. The minimum atomic E-state index is -4.13. The van der Waals surface area contributed by atoms with Gasteiger partial charge in [0.2, 0.25) is 0 Å². The second kappa shape index (κ2) is 7.26. The van der Waals surface area contributed by atoms with Gasteiger partial charge in [0.1, 0.15) is 18.3 Å². The van der Waals surface area contributed by atoms with Crippen LogP contribution in [-0.4, -0.2) is 86.6 Å². The van der Waals surface area contributed by atoms with Gasteiger partial charge in [-0.05, 0) is 0 Å². The van der Waals surface area contributed by atoms with E-state index in [9.17, 15) is 30.4 Å². The third kappa shape index (κ3) is 7.84. The highest BCUT2D eigenvalue weighted by Gasteiger charge is 2.44. The molecular weight excluding hydrogens is 378 g/mol. The summed E-state index contributed by atoms with van der Waals surface area (Å²) in [5.41, 5.74) is 0. The molecule has 0 aromatic heterocycles. The third-order valence-electron chi connectivity index (χ3n) is 2.64. The van der Waals surface area contributed by atoms with Crippen LogP contribution in [0.4, 0.5) is 0 Å². The van der Waals surface area contributed by atoms with Gasteiger partial charge in [-0.15, -0.1) is 0 Å². The highest BCUT2D eigenvalue weighted by Crippen LogP contribution is 2.22. The average molecular weight is 397 g/mol. The number of nitrogens with one attached hydrogen (secondary N) is 1. The lowest BCUT2D eigenvalue weighted by Crippen LogP contribution is -2.50. The van der Waals surface area contributed by atoms with E-state index in [-0.39, 0.29) is 13.1 Å². The zero-order valence-electron chi connectivity index (χ0n) is 12.6. The number of aliphatic hydroxyl groups is 1. The molecule has 0 aromatic carbocycles. The van der Waals surface area contributed by atoms with Crippen molar-refractivity contribution in [3.63, 3.8) is 0 Å². The Bertz CT molecular complexity index is 713. The summed E-state index contributed by atoms with van der Waals surface area (Å²) in [6.45, 7) is -0.401. The summed E-state index contributed by atoms with van der Waals surface area (Å²) in [7, 11) is -12.2. The zero-order chi connectivity index (χ0) is 18.1. The summed E-state index contributed by atoms with van der Waals surface area (Å²) >= 11 is 0. The Balaban J connectivity index is 3.27. The molecule has 14 heteroatoms. The van der Waals surface area contributed by atoms with Crippen LogP contribution in [0.3, 0.4) is 0 Å². The molecule has 0 amide bonds. The fraction of sp³-hybridized carbons (Fsp3) is 1.00. The van der Waals surface area contributed by atoms with E-state index < -0.39 is 54.8 Å². The Morgan fingerprint density at radius 2 is 1.22 bits per heavy atom. The van der Waals surface area contributed by atoms with E-state index in [1.807, 2.05) is 0 Å². The smallest absolute Gasteiger partial charge is 0.264 e. The minimum Gasteiger partial charge on any atom is -0.389 e. The molecule has 1 rings (SSSR count). The number of β-amino-alcohol motifs (C(OH)–C–C–N with tert-alkyl or cyclic N) is 1. The molecule has 1 aliphatic rings. The fourth-order valence-corrected chi connectivity index (χ4v) is 3.89. The molecule has 23 heavy (non-hydrogen) atoms. The maximum atomic E-state index is 11.4. The van der Waals surface area contributed by atoms with Crippen molar-refractivity contribution in [2.75, 3.05) is 31.9 Å². The van der Waals surface area contributed by atoms with Crippen molar-refractivity contribution < 1.29 is 42.9 Å². The van der Waals surface area contributed by atoms with Gasteiger partial charge in [-0.1, -0.05) is 0 Å². The summed E-state index contributed by atoms with van der Waals surface area (Å²) in [5, 5.41) is 12.6. The first-order chi connectivity index (χ1) is 10.2. The van der Waals surface area contributed by atoms with Crippen molar-refractivity contribution in [3.05, 3.63) is 0 Å². The van der Waals surface area contributed by atoms with E-state index >= 15 is 0 Å². The molecule has 0 spiro atoms. The highest BCUT2D eigenvalue weighted by molar-refractivity contribution is 7.86. The Morgan fingerprint density at radius 3 is 1.65 bits per heavy atom. The van der Waals surface area contributed by atoms with Crippen LogP contribution >= 0.6 is 0 Å². The normalized spacial score (nSPS) is 30.8.